The van der Waals surface area contributed by atoms with Gasteiger partial charge in [-0.05, 0) is 25.3 Å². The summed E-state index contributed by atoms with van der Waals surface area (Å²) in [6.45, 7) is 5.85. The Morgan fingerprint density at radius 1 is 1.05 bits per heavy atom. The van der Waals surface area contributed by atoms with Crippen molar-refractivity contribution in [3.8, 4) is 0 Å². The Kier molecular flexibility index (Phi) is 11.6. The summed E-state index contributed by atoms with van der Waals surface area (Å²) < 4.78 is 27.2. The lowest BCUT2D eigenvalue weighted by Gasteiger charge is -2.14. The Labute approximate surface area is 130 Å². The second-order valence-corrected chi connectivity index (χ2v) is 6.96. The monoisotopic (exact) mass is 317 g/mol. The van der Waals surface area contributed by atoms with Gasteiger partial charge in [-0.25, -0.2) is 8.42 Å². The molecule has 21 heavy (non-hydrogen) atoms. The predicted molar refractivity (Wildman–Crippen MR) is 87.0 cm³/mol. The summed E-state index contributed by atoms with van der Waals surface area (Å²) in [6.07, 6.45) is 18.4. The zero-order valence-corrected chi connectivity index (χ0v) is 14.5. The summed E-state index contributed by atoms with van der Waals surface area (Å²) in [5.41, 5.74) is 1.61. The van der Waals surface area contributed by atoms with Crippen LogP contribution in [0.25, 0.3) is 0 Å². The van der Waals surface area contributed by atoms with Crippen LogP contribution in [0.1, 0.15) is 65.2 Å². The van der Waals surface area contributed by atoms with Crippen molar-refractivity contribution < 1.29 is 17.9 Å². The van der Waals surface area contributed by atoms with Crippen LogP contribution in [-0.4, -0.2) is 25.8 Å². The van der Waals surface area contributed by atoms with Crippen LogP contribution < -0.4 is 4.90 Å². The van der Waals surface area contributed by atoms with Gasteiger partial charge in [0.2, 0.25) is 0 Å². The van der Waals surface area contributed by atoms with E-state index in [9.17, 15) is 0 Å². The molecule has 0 fully saturated rings. The number of unbranched alkanes of at least 4 members (excludes halogenated alkanes) is 5. The highest BCUT2D eigenvalue weighted by molar-refractivity contribution is 7.84. The molecule has 0 bridgehead atoms. The first-order valence-corrected chi connectivity index (χ1v) is 9.84. The lowest BCUT2D eigenvalue weighted by Crippen LogP contribution is -3.04. The topological polar surface area (TPSA) is 61.6 Å². The van der Waals surface area contributed by atoms with Crippen molar-refractivity contribution in [3.05, 3.63) is 24.0 Å². The van der Waals surface area contributed by atoms with E-state index in [4.69, 9.17) is 13.0 Å². The van der Waals surface area contributed by atoms with E-state index in [0.29, 0.717) is 6.26 Å². The average molecular weight is 317 g/mol. The van der Waals surface area contributed by atoms with Crippen molar-refractivity contribution in [2.45, 2.75) is 65.2 Å². The third kappa shape index (κ3) is 14.1. The number of rotatable bonds is 9. The SMILES string of the molecule is CCCCCCC[NH+]1C=CC=C1CCCC.CS(=O)(=O)[O-]. The van der Waals surface area contributed by atoms with Gasteiger partial charge in [0, 0.05) is 18.8 Å². The highest BCUT2D eigenvalue weighted by atomic mass is 32.2. The minimum absolute atomic E-state index is 0.604. The fraction of sp³-hybridized carbons (Fsp3) is 0.750. The van der Waals surface area contributed by atoms with E-state index in [0.717, 1.165) is 0 Å². The summed E-state index contributed by atoms with van der Waals surface area (Å²) in [7, 11) is -3.92. The molecule has 0 aromatic carbocycles. The van der Waals surface area contributed by atoms with Crippen LogP contribution in [0.15, 0.2) is 24.0 Å². The molecule has 0 aromatic rings. The number of allylic oxidation sites excluding steroid dienone is 3. The Morgan fingerprint density at radius 3 is 2.19 bits per heavy atom. The van der Waals surface area contributed by atoms with Crippen LogP contribution in [0.3, 0.4) is 0 Å². The van der Waals surface area contributed by atoms with E-state index in [1.54, 1.807) is 10.6 Å². The average Bonchev–Trinajstić information content (AvgIpc) is 2.81. The molecule has 1 atom stereocenters. The van der Waals surface area contributed by atoms with Gasteiger partial charge in [-0.1, -0.05) is 39.5 Å². The molecule has 0 aliphatic carbocycles. The Balaban J connectivity index is 0.000000690. The normalized spacial score (nSPS) is 17.3. The molecule has 5 heteroatoms. The summed E-state index contributed by atoms with van der Waals surface area (Å²) in [6, 6.07) is 0. The Hall–Kier alpha value is -0.650. The van der Waals surface area contributed by atoms with Gasteiger partial charge in [0.25, 0.3) is 0 Å². The maximum atomic E-state index is 9.08. The largest absolute Gasteiger partial charge is 0.748 e. The molecule has 4 nitrogen and oxygen atoms in total. The van der Waals surface area contributed by atoms with Crippen molar-refractivity contribution >= 4 is 10.1 Å². The highest BCUT2D eigenvalue weighted by Crippen LogP contribution is 2.05. The van der Waals surface area contributed by atoms with Crippen LogP contribution in [-0.2, 0) is 10.1 Å². The number of hydrogen-bond acceptors (Lipinski definition) is 3. The molecule has 0 saturated carbocycles. The minimum atomic E-state index is -3.92. The van der Waals surface area contributed by atoms with Gasteiger partial charge in [0.05, 0.1) is 22.9 Å². The van der Waals surface area contributed by atoms with Crippen LogP contribution in [0.5, 0.6) is 0 Å². The van der Waals surface area contributed by atoms with Gasteiger partial charge in [-0.15, -0.1) is 0 Å². The molecule has 0 radical (unpaired) electrons. The van der Waals surface area contributed by atoms with Gasteiger partial charge in [-0.3, -0.25) is 4.90 Å². The molecular weight excluding hydrogens is 286 g/mol. The second kappa shape index (κ2) is 12.0. The molecule has 1 aliphatic heterocycles. The number of hydrogen-bond donors (Lipinski definition) is 1. The van der Waals surface area contributed by atoms with E-state index < -0.39 is 10.1 Å². The smallest absolute Gasteiger partial charge is 0.112 e. The van der Waals surface area contributed by atoms with Crippen LogP contribution in [0, 0.1) is 0 Å². The first kappa shape index (κ1) is 20.3. The molecule has 0 saturated heterocycles. The molecular formula is C16H31NO3S. The second-order valence-electron chi connectivity index (χ2n) is 5.55. The molecule has 1 unspecified atom stereocenters. The van der Waals surface area contributed by atoms with E-state index in [2.05, 4.69) is 32.2 Å². The predicted octanol–water partition coefficient (Wildman–Crippen LogP) is 2.60. The van der Waals surface area contributed by atoms with Gasteiger partial charge < -0.3 is 4.55 Å². The molecule has 1 aliphatic rings. The van der Waals surface area contributed by atoms with Gasteiger partial charge in [0.15, 0.2) is 0 Å². The quantitative estimate of drug-likeness (QED) is 0.525. The molecule has 1 rings (SSSR count). The van der Waals surface area contributed by atoms with E-state index in [-0.39, 0.29) is 0 Å². The third-order valence-electron chi connectivity index (χ3n) is 3.36. The van der Waals surface area contributed by atoms with E-state index in [1.165, 1.54) is 57.9 Å². The molecule has 124 valence electrons. The maximum Gasteiger partial charge on any atom is 0.112 e. The van der Waals surface area contributed by atoms with Crippen LogP contribution in [0.2, 0.25) is 0 Å². The summed E-state index contributed by atoms with van der Waals surface area (Å²) in [5.74, 6) is 0. The van der Waals surface area contributed by atoms with E-state index in [1.807, 2.05) is 0 Å². The zero-order valence-electron chi connectivity index (χ0n) is 13.7. The van der Waals surface area contributed by atoms with Crippen molar-refractivity contribution in [2.24, 2.45) is 0 Å². The van der Waals surface area contributed by atoms with Gasteiger partial charge >= 0.3 is 0 Å². The first-order valence-electron chi connectivity index (χ1n) is 8.02. The summed E-state index contributed by atoms with van der Waals surface area (Å²) in [5, 5.41) is 0. The lowest BCUT2D eigenvalue weighted by molar-refractivity contribution is -0.804. The van der Waals surface area contributed by atoms with Crippen molar-refractivity contribution in [1.29, 1.82) is 0 Å². The standard InChI is InChI=1S/C15H27N.CH4O3S/c1-3-5-7-8-9-13-16-14-10-12-15(16)11-6-4-2;1-5(2,3)4/h10,12,14H,3-9,11,13H2,1-2H3;1H3,(H,2,3,4). The molecule has 0 amide bonds. The fourth-order valence-corrected chi connectivity index (χ4v) is 2.27. The Bertz CT molecular complexity index is 405. The van der Waals surface area contributed by atoms with Crippen molar-refractivity contribution in [2.75, 3.05) is 12.8 Å². The Morgan fingerprint density at radius 2 is 1.62 bits per heavy atom. The maximum absolute atomic E-state index is 9.08. The number of nitrogens with one attached hydrogen (secondary N) is 1. The molecule has 0 spiro atoms. The van der Waals surface area contributed by atoms with Crippen LogP contribution in [0.4, 0.5) is 0 Å². The third-order valence-corrected chi connectivity index (χ3v) is 3.36. The summed E-state index contributed by atoms with van der Waals surface area (Å²) >= 11 is 0. The van der Waals surface area contributed by atoms with Gasteiger partial charge in [-0.2, -0.15) is 0 Å². The molecule has 1 N–H and O–H groups in total. The van der Waals surface area contributed by atoms with Crippen molar-refractivity contribution in [1.82, 2.24) is 0 Å². The minimum Gasteiger partial charge on any atom is -0.748 e. The summed E-state index contributed by atoms with van der Waals surface area (Å²) in [4.78, 5) is 1.62. The highest BCUT2D eigenvalue weighted by Gasteiger charge is 2.14. The van der Waals surface area contributed by atoms with Gasteiger partial charge in [0.1, 0.15) is 5.70 Å². The van der Waals surface area contributed by atoms with Crippen LogP contribution >= 0.6 is 0 Å². The fourth-order valence-electron chi connectivity index (χ4n) is 2.27. The first-order chi connectivity index (χ1) is 9.88. The van der Waals surface area contributed by atoms with Crippen molar-refractivity contribution in [3.63, 3.8) is 0 Å². The van der Waals surface area contributed by atoms with E-state index >= 15 is 0 Å². The molecule has 0 aromatic heterocycles. The molecule has 1 heterocycles. The number of quaternary nitrogens is 1. The zero-order chi connectivity index (χ0) is 16.1. The lowest BCUT2D eigenvalue weighted by atomic mass is 10.1.